The molecule has 1 aromatic heterocycles. The fourth-order valence-corrected chi connectivity index (χ4v) is 1.51. The average molecular weight is 285 g/mol. The van der Waals surface area contributed by atoms with Crippen molar-refractivity contribution in [2.24, 2.45) is 4.99 Å². The molecule has 0 aliphatic carbocycles. The van der Waals surface area contributed by atoms with Crippen LogP contribution < -0.4 is 0 Å². The standard InChI is InChI=1S/C11H7BrClNO/c12-11-6-5-10(15-11)7-14-9-3-1-8(13)2-4-9/h1-7H. The predicted octanol–water partition coefficient (Wildman–Crippen LogP) is 4.45. The highest BCUT2D eigenvalue weighted by Crippen LogP contribution is 2.17. The monoisotopic (exact) mass is 283 g/mol. The topological polar surface area (TPSA) is 25.5 Å². The highest BCUT2D eigenvalue weighted by Gasteiger charge is 1.95. The first-order chi connectivity index (χ1) is 7.24. The SMILES string of the molecule is Clc1ccc(N=Cc2ccc(Br)o2)cc1. The Kier molecular flexibility index (Phi) is 3.23. The van der Waals surface area contributed by atoms with E-state index in [0.717, 1.165) is 5.69 Å². The van der Waals surface area contributed by atoms with Gasteiger partial charge in [0.2, 0.25) is 0 Å². The maximum Gasteiger partial charge on any atom is 0.169 e. The summed E-state index contributed by atoms with van der Waals surface area (Å²) >= 11 is 8.98. The highest BCUT2D eigenvalue weighted by atomic mass is 79.9. The van der Waals surface area contributed by atoms with Crippen LogP contribution in [0.1, 0.15) is 5.76 Å². The quantitative estimate of drug-likeness (QED) is 0.748. The molecule has 1 heterocycles. The summed E-state index contributed by atoms with van der Waals surface area (Å²) < 4.78 is 5.96. The van der Waals surface area contributed by atoms with Gasteiger partial charge >= 0.3 is 0 Å². The van der Waals surface area contributed by atoms with Gasteiger partial charge in [0.05, 0.1) is 11.9 Å². The van der Waals surface area contributed by atoms with Gasteiger partial charge in [0.1, 0.15) is 5.76 Å². The van der Waals surface area contributed by atoms with Gasteiger partial charge < -0.3 is 4.42 Å². The van der Waals surface area contributed by atoms with E-state index in [1.54, 1.807) is 18.3 Å². The molecule has 0 amide bonds. The summed E-state index contributed by atoms with van der Waals surface area (Å²) in [6.07, 6.45) is 1.66. The van der Waals surface area contributed by atoms with Gasteiger partial charge in [-0.1, -0.05) is 11.6 Å². The van der Waals surface area contributed by atoms with Crippen LogP contribution in [0.15, 0.2) is 50.5 Å². The van der Waals surface area contributed by atoms with Gasteiger partial charge in [-0.2, -0.15) is 0 Å². The van der Waals surface area contributed by atoms with E-state index in [1.165, 1.54) is 0 Å². The maximum atomic E-state index is 5.76. The van der Waals surface area contributed by atoms with E-state index in [-0.39, 0.29) is 0 Å². The van der Waals surface area contributed by atoms with Crippen molar-refractivity contribution in [3.05, 3.63) is 51.9 Å². The normalized spacial score (nSPS) is 11.1. The van der Waals surface area contributed by atoms with Crippen molar-refractivity contribution < 1.29 is 4.42 Å². The van der Waals surface area contributed by atoms with Crippen molar-refractivity contribution in [2.75, 3.05) is 0 Å². The van der Waals surface area contributed by atoms with Crippen molar-refractivity contribution in [2.45, 2.75) is 0 Å². The number of aliphatic imine (C=N–C) groups is 1. The minimum atomic E-state index is 0.694. The van der Waals surface area contributed by atoms with Crippen molar-refractivity contribution in [3.63, 3.8) is 0 Å². The lowest BCUT2D eigenvalue weighted by Gasteiger charge is -1.92. The maximum absolute atomic E-state index is 5.76. The Hall–Kier alpha value is -1.06. The van der Waals surface area contributed by atoms with Crippen molar-refractivity contribution in [1.29, 1.82) is 0 Å². The molecule has 0 bridgehead atoms. The summed E-state index contributed by atoms with van der Waals surface area (Å²) in [4.78, 5) is 4.23. The first-order valence-corrected chi connectivity index (χ1v) is 5.46. The number of hydrogen-bond donors (Lipinski definition) is 0. The smallest absolute Gasteiger partial charge is 0.169 e. The predicted molar refractivity (Wildman–Crippen MR) is 65.1 cm³/mol. The Labute approximate surface area is 101 Å². The van der Waals surface area contributed by atoms with Crippen molar-refractivity contribution >= 4 is 39.4 Å². The fraction of sp³-hybridized carbons (Fsp3) is 0. The molecule has 0 aliphatic rings. The number of hydrogen-bond acceptors (Lipinski definition) is 2. The summed E-state index contributed by atoms with van der Waals surface area (Å²) in [7, 11) is 0. The lowest BCUT2D eigenvalue weighted by atomic mass is 10.3. The number of furan rings is 1. The van der Waals surface area contributed by atoms with Gasteiger partial charge in [-0.05, 0) is 52.3 Å². The van der Waals surface area contributed by atoms with Gasteiger partial charge in [0, 0.05) is 5.02 Å². The molecular weight excluding hydrogens is 277 g/mol. The molecule has 76 valence electrons. The van der Waals surface area contributed by atoms with Gasteiger partial charge in [0.15, 0.2) is 4.67 Å². The second-order valence-electron chi connectivity index (χ2n) is 2.88. The molecule has 0 radical (unpaired) electrons. The summed E-state index contributed by atoms with van der Waals surface area (Å²) in [5, 5.41) is 0.703. The van der Waals surface area contributed by atoms with Crippen LogP contribution in [0, 0.1) is 0 Å². The van der Waals surface area contributed by atoms with E-state index in [4.69, 9.17) is 16.0 Å². The minimum absolute atomic E-state index is 0.694. The second kappa shape index (κ2) is 4.64. The van der Waals surface area contributed by atoms with Gasteiger partial charge in [-0.25, -0.2) is 0 Å². The first-order valence-electron chi connectivity index (χ1n) is 4.29. The van der Waals surface area contributed by atoms with E-state index in [0.29, 0.717) is 15.5 Å². The molecule has 0 saturated heterocycles. The molecule has 2 nitrogen and oxygen atoms in total. The highest BCUT2D eigenvalue weighted by molar-refractivity contribution is 9.10. The second-order valence-corrected chi connectivity index (χ2v) is 4.09. The van der Waals surface area contributed by atoms with Crippen LogP contribution in [0.5, 0.6) is 0 Å². The van der Waals surface area contributed by atoms with Crippen LogP contribution in [-0.2, 0) is 0 Å². The molecule has 0 unspecified atom stereocenters. The minimum Gasteiger partial charge on any atom is -0.448 e. The van der Waals surface area contributed by atoms with Crippen LogP contribution in [0.4, 0.5) is 5.69 Å². The van der Waals surface area contributed by atoms with Crippen molar-refractivity contribution in [1.82, 2.24) is 0 Å². The first kappa shape index (κ1) is 10.5. The Morgan fingerprint density at radius 2 is 1.87 bits per heavy atom. The molecule has 0 N–H and O–H groups in total. The summed E-state index contributed by atoms with van der Waals surface area (Å²) in [5.41, 5.74) is 0.840. The van der Waals surface area contributed by atoms with E-state index in [9.17, 15) is 0 Å². The summed E-state index contributed by atoms with van der Waals surface area (Å²) in [6, 6.07) is 10.9. The molecule has 15 heavy (non-hydrogen) atoms. The molecular formula is C11H7BrClNO. The average Bonchev–Trinajstić information content (AvgIpc) is 2.64. The molecule has 1 aromatic carbocycles. The van der Waals surface area contributed by atoms with E-state index >= 15 is 0 Å². The lowest BCUT2D eigenvalue weighted by molar-refractivity contribution is 0.535. The molecule has 0 spiro atoms. The van der Waals surface area contributed by atoms with Gasteiger partial charge in [-0.3, -0.25) is 4.99 Å². The van der Waals surface area contributed by atoms with Crippen LogP contribution in [-0.4, -0.2) is 6.21 Å². The lowest BCUT2D eigenvalue weighted by Crippen LogP contribution is -1.73. The molecule has 2 rings (SSSR count). The third-order valence-electron chi connectivity index (χ3n) is 1.76. The molecule has 0 atom stereocenters. The fourth-order valence-electron chi connectivity index (χ4n) is 1.06. The molecule has 0 fully saturated rings. The van der Waals surface area contributed by atoms with E-state index in [2.05, 4.69) is 20.9 Å². The van der Waals surface area contributed by atoms with E-state index < -0.39 is 0 Å². The number of rotatable bonds is 2. The zero-order valence-electron chi connectivity index (χ0n) is 7.65. The number of nitrogens with zero attached hydrogens (tertiary/aromatic N) is 1. The molecule has 0 saturated carbocycles. The summed E-state index contributed by atoms with van der Waals surface area (Å²) in [6.45, 7) is 0. The zero-order chi connectivity index (χ0) is 10.7. The number of benzene rings is 1. The van der Waals surface area contributed by atoms with Crippen LogP contribution in [0.25, 0.3) is 0 Å². The van der Waals surface area contributed by atoms with E-state index in [1.807, 2.05) is 24.3 Å². The van der Waals surface area contributed by atoms with Crippen LogP contribution in [0.2, 0.25) is 5.02 Å². The Morgan fingerprint density at radius 1 is 1.13 bits per heavy atom. The molecule has 0 aliphatic heterocycles. The zero-order valence-corrected chi connectivity index (χ0v) is 9.99. The third-order valence-corrected chi connectivity index (χ3v) is 2.44. The van der Waals surface area contributed by atoms with Crippen molar-refractivity contribution in [3.8, 4) is 0 Å². The summed E-state index contributed by atoms with van der Waals surface area (Å²) in [5.74, 6) is 0.705. The number of halogens is 2. The largest absolute Gasteiger partial charge is 0.448 e. The Morgan fingerprint density at radius 3 is 2.47 bits per heavy atom. The Bertz CT molecular complexity index is 476. The molecule has 2 aromatic rings. The Balaban J connectivity index is 2.14. The molecule has 4 heteroatoms. The van der Waals surface area contributed by atoms with Crippen LogP contribution >= 0.6 is 27.5 Å². The van der Waals surface area contributed by atoms with Gasteiger partial charge in [-0.15, -0.1) is 0 Å². The van der Waals surface area contributed by atoms with Gasteiger partial charge in [0.25, 0.3) is 0 Å². The third kappa shape index (κ3) is 2.94. The van der Waals surface area contributed by atoms with Crippen LogP contribution in [0.3, 0.4) is 0 Å².